The SMILES string of the molecule is COc1cc(OC)cc(C2(O)CCC(C)C2)c1. The van der Waals surface area contributed by atoms with Gasteiger partial charge in [0, 0.05) is 6.07 Å². The summed E-state index contributed by atoms with van der Waals surface area (Å²) in [6, 6.07) is 5.63. The Kier molecular flexibility index (Phi) is 3.29. The molecule has 0 amide bonds. The molecule has 0 radical (unpaired) electrons. The van der Waals surface area contributed by atoms with Gasteiger partial charge in [0.2, 0.25) is 0 Å². The Hall–Kier alpha value is -1.22. The van der Waals surface area contributed by atoms with Crippen LogP contribution in [-0.4, -0.2) is 19.3 Å². The number of benzene rings is 1. The fourth-order valence-electron chi connectivity index (χ4n) is 2.60. The van der Waals surface area contributed by atoms with E-state index in [1.54, 1.807) is 14.2 Å². The van der Waals surface area contributed by atoms with Crippen molar-refractivity contribution in [2.45, 2.75) is 31.8 Å². The number of hydrogen-bond acceptors (Lipinski definition) is 3. The van der Waals surface area contributed by atoms with Crippen molar-refractivity contribution in [3.8, 4) is 11.5 Å². The molecule has 0 aromatic heterocycles. The van der Waals surface area contributed by atoms with Crippen molar-refractivity contribution < 1.29 is 14.6 Å². The van der Waals surface area contributed by atoms with Gasteiger partial charge in [-0.05, 0) is 42.9 Å². The molecule has 1 N–H and O–H groups in total. The van der Waals surface area contributed by atoms with E-state index in [4.69, 9.17) is 9.47 Å². The minimum atomic E-state index is -0.721. The fraction of sp³-hybridized carbons (Fsp3) is 0.571. The third kappa shape index (κ3) is 2.39. The molecule has 1 saturated carbocycles. The van der Waals surface area contributed by atoms with Gasteiger partial charge in [-0.25, -0.2) is 0 Å². The molecule has 1 aromatic rings. The summed E-state index contributed by atoms with van der Waals surface area (Å²) >= 11 is 0. The summed E-state index contributed by atoms with van der Waals surface area (Å²) in [6.45, 7) is 2.18. The molecule has 0 saturated heterocycles. The Balaban J connectivity index is 2.37. The van der Waals surface area contributed by atoms with E-state index in [0.717, 1.165) is 36.3 Å². The van der Waals surface area contributed by atoms with Crippen LogP contribution in [0.5, 0.6) is 11.5 Å². The predicted octanol–water partition coefficient (Wildman–Crippen LogP) is 2.71. The van der Waals surface area contributed by atoms with Crippen LogP contribution in [0.2, 0.25) is 0 Å². The van der Waals surface area contributed by atoms with E-state index in [-0.39, 0.29) is 0 Å². The summed E-state index contributed by atoms with van der Waals surface area (Å²) in [5, 5.41) is 10.7. The smallest absolute Gasteiger partial charge is 0.122 e. The Morgan fingerprint density at radius 3 is 2.18 bits per heavy atom. The van der Waals surface area contributed by atoms with Crippen LogP contribution >= 0.6 is 0 Å². The molecule has 1 fully saturated rings. The highest BCUT2D eigenvalue weighted by molar-refractivity contribution is 5.41. The van der Waals surface area contributed by atoms with E-state index in [9.17, 15) is 5.11 Å². The van der Waals surface area contributed by atoms with Gasteiger partial charge in [0.25, 0.3) is 0 Å². The summed E-state index contributed by atoms with van der Waals surface area (Å²) in [6.07, 6.45) is 2.68. The van der Waals surface area contributed by atoms with Crippen LogP contribution in [0.1, 0.15) is 31.7 Å². The molecule has 0 bridgehead atoms. The van der Waals surface area contributed by atoms with Crippen LogP contribution < -0.4 is 9.47 Å². The van der Waals surface area contributed by atoms with Crippen LogP contribution in [0.4, 0.5) is 0 Å². The molecule has 0 aliphatic heterocycles. The van der Waals surface area contributed by atoms with Gasteiger partial charge in [0.05, 0.1) is 19.8 Å². The first-order valence-corrected chi connectivity index (χ1v) is 6.03. The standard InChI is InChI=1S/C14H20O3/c1-10-4-5-14(15,9-10)11-6-12(16-2)8-13(7-11)17-3/h6-8,10,15H,4-5,9H2,1-3H3. The zero-order valence-electron chi connectivity index (χ0n) is 10.7. The Morgan fingerprint density at radius 1 is 1.18 bits per heavy atom. The largest absolute Gasteiger partial charge is 0.497 e. The lowest BCUT2D eigenvalue weighted by atomic mass is 9.91. The van der Waals surface area contributed by atoms with Crippen molar-refractivity contribution in [1.82, 2.24) is 0 Å². The first kappa shape index (κ1) is 12.2. The van der Waals surface area contributed by atoms with Gasteiger partial charge < -0.3 is 14.6 Å². The summed E-state index contributed by atoms with van der Waals surface area (Å²) < 4.78 is 10.5. The normalized spacial score (nSPS) is 28.1. The first-order valence-electron chi connectivity index (χ1n) is 6.03. The molecule has 1 aliphatic rings. The van der Waals surface area contributed by atoms with Crippen LogP contribution in [-0.2, 0) is 5.60 Å². The van der Waals surface area contributed by atoms with Gasteiger partial charge >= 0.3 is 0 Å². The average Bonchev–Trinajstić information content (AvgIpc) is 2.70. The van der Waals surface area contributed by atoms with E-state index in [0.29, 0.717) is 5.92 Å². The Labute approximate surface area is 102 Å². The molecule has 0 spiro atoms. The zero-order chi connectivity index (χ0) is 12.5. The molecule has 3 nitrogen and oxygen atoms in total. The molecule has 1 aliphatic carbocycles. The van der Waals surface area contributed by atoms with E-state index < -0.39 is 5.60 Å². The Bertz CT molecular complexity index is 380. The molecular formula is C14H20O3. The van der Waals surface area contributed by atoms with E-state index in [2.05, 4.69) is 6.92 Å². The summed E-state index contributed by atoms with van der Waals surface area (Å²) in [4.78, 5) is 0. The Morgan fingerprint density at radius 2 is 1.76 bits per heavy atom. The molecule has 3 heteroatoms. The first-order chi connectivity index (χ1) is 8.07. The minimum Gasteiger partial charge on any atom is -0.497 e. The van der Waals surface area contributed by atoms with Crippen LogP contribution in [0.3, 0.4) is 0 Å². The number of aliphatic hydroxyl groups is 1. The second-order valence-electron chi connectivity index (χ2n) is 4.98. The summed E-state index contributed by atoms with van der Waals surface area (Å²) in [7, 11) is 3.25. The van der Waals surface area contributed by atoms with Gasteiger partial charge in [-0.3, -0.25) is 0 Å². The second kappa shape index (κ2) is 4.57. The third-order valence-corrected chi connectivity index (χ3v) is 3.63. The van der Waals surface area contributed by atoms with Crippen LogP contribution in [0.25, 0.3) is 0 Å². The lowest BCUT2D eigenvalue weighted by Crippen LogP contribution is -2.21. The van der Waals surface area contributed by atoms with E-state index >= 15 is 0 Å². The average molecular weight is 236 g/mol. The maximum Gasteiger partial charge on any atom is 0.122 e. The van der Waals surface area contributed by atoms with Crippen LogP contribution in [0.15, 0.2) is 18.2 Å². The lowest BCUT2D eigenvalue weighted by molar-refractivity contribution is 0.0403. The number of hydrogen-bond donors (Lipinski definition) is 1. The molecule has 2 unspecified atom stereocenters. The predicted molar refractivity (Wildman–Crippen MR) is 66.5 cm³/mol. The minimum absolute atomic E-state index is 0.567. The monoisotopic (exact) mass is 236 g/mol. The van der Waals surface area contributed by atoms with Gasteiger partial charge in [-0.1, -0.05) is 6.92 Å². The molecule has 1 aromatic carbocycles. The highest BCUT2D eigenvalue weighted by Gasteiger charge is 2.37. The van der Waals surface area contributed by atoms with Gasteiger partial charge in [0.1, 0.15) is 11.5 Å². The van der Waals surface area contributed by atoms with Crippen molar-refractivity contribution in [2.75, 3.05) is 14.2 Å². The molecule has 2 rings (SSSR count). The molecule has 2 atom stereocenters. The van der Waals surface area contributed by atoms with Crippen molar-refractivity contribution in [3.63, 3.8) is 0 Å². The van der Waals surface area contributed by atoms with Crippen molar-refractivity contribution in [1.29, 1.82) is 0 Å². The second-order valence-corrected chi connectivity index (χ2v) is 4.98. The zero-order valence-corrected chi connectivity index (χ0v) is 10.7. The fourth-order valence-corrected chi connectivity index (χ4v) is 2.60. The third-order valence-electron chi connectivity index (χ3n) is 3.63. The summed E-state index contributed by atoms with van der Waals surface area (Å²) in [5.41, 5.74) is 0.180. The molecule has 17 heavy (non-hydrogen) atoms. The topological polar surface area (TPSA) is 38.7 Å². The summed E-state index contributed by atoms with van der Waals surface area (Å²) in [5.74, 6) is 2.02. The number of ether oxygens (including phenoxy) is 2. The van der Waals surface area contributed by atoms with E-state index in [1.807, 2.05) is 18.2 Å². The maximum absolute atomic E-state index is 10.7. The molecule has 0 heterocycles. The lowest BCUT2D eigenvalue weighted by Gasteiger charge is -2.24. The highest BCUT2D eigenvalue weighted by atomic mass is 16.5. The van der Waals surface area contributed by atoms with Crippen molar-refractivity contribution in [2.24, 2.45) is 5.92 Å². The quantitative estimate of drug-likeness (QED) is 0.877. The van der Waals surface area contributed by atoms with Crippen LogP contribution in [0, 0.1) is 5.92 Å². The van der Waals surface area contributed by atoms with Gasteiger partial charge in [-0.15, -0.1) is 0 Å². The molecular weight excluding hydrogens is 216 g/mol. The van der Waals surface area contributed by atoms with E-state index in [1.165, 1.54) is 0 Å². The van der Waals surface area contributed by atoms with Gasteiger partial charge in [0.15, 0.2) is 0 Å². The van der Waals surface area contributed by atoms with Crippen molar-refractivity contribution >= 4 is 0 Å². The van der Waals surface area contributed by atoms with Crippen molar-refractivity contribution in [3.05, 3.63) is 23.8 Å². The maximum atomic E-state index is 10.7. The number of methoxy groups -OCH3 is 2. The number of rotatable bonds is 3. The molecule has 94 valence electrons. The highest BCUT2D eigenvalue weighted by Crippen LogP contribution is 2.43. The van der Waals surface area contributed by atoms with Gasteiger partial charge in [-0.2, -0.15) is 0 Å².